The topological polar surface area (TPSA) is 96.3 Å². The Kier molecular flexibility index (Phi) is 8.49. The highest BCUT2D eigenvalue weighted by Gasteiger charge is 2.34. The molecule has 9 heteroatoms. The number of aromatic nitrogens is 1. The van der Waals surface area contributed by atoms with Gasteiger partial charge in [-0.2, -0.15) is 0 Å². The molecule has 2 aromatic carbocycles. The van der Waals surface area contributed by atoms with Crippen LogP contribution in [0.4, 0.5) is 9.59 Å². The van der Waals surface area contributed by atoms with E-state index in [1.807, 2.05) is 45.0 Å². The second kappa shape index (κ2) is 11.6. The lowest BCUT2D eigenvalue weighted by atomic mass is 9.99. The van der Waals surface area contributed by atoms with Crippen molar-refractivity contribution in [2.75, 3.05) is 20.8 Å². The van der Waals surface area contributed by atoms with Crippen molar-refractivity contribution in [1.29, 1.82) is 0 Å². The molecular formula is C32H40N2O7. The molecule has 9 nitrogen and oxygen atoms in total. The predicted molar refractivity (Wildman–Crippen MR) is 156 cm³/mol. The van der Waals surface area contributed by atoms with E-state index in [0.717, 1.165) is 24.0 Å². The van der Waals surface area contributed by atoms with Crippen LogP contribution < -0.4 is 0 Å². The molecule has 1 unspecified atom stereocenters. The highest BCUT2D eigenvalue weighted by atomic mass is 16.6. The molecule has 0 N–H and O–H groups in total. The van der Waals surface area contributed by atoms with Crippen LogP contribution in [0, 0.1) is 0 Å². The molecule has 0 radical (unpaired) electrons. The molecule has 1 aromatic heterocycles. The van der Waals surface area contributed by atoms with Crippen molar-refractivity contribution in [3.8, 4) is 11.3 Å². The molecule has 0 saturated carbocycles. The Bertz CT molecular complexity index is 1440. The molecular weight excluding hydrogens is 524 g/mol. The Morgan fingerprint density at radius 1 is 0.878 bits per heavy atom. The molecule has 1 aliphatic heterocycles. The summed E-state index contributed by atoms with van der Waals surface area (Å²) in [4.78, 5) is 41.1. The Labute approximate surface area is 241 Å². The van der Waals surface area contributed by atoms with Crippen LogP contribution in [0.1, 0.15) is 81.9 Å². The van der Waals surface area contributed by atoms with Gasteiger partial charge in [-0.25, -0.2) is 19.0 Å². The minimum atomic E-state index is -0.746. The lowest BCUT2D eigenvalue weighted by Crippen LogP contribution is -2.36. The zero-order chi connectivity index (χ0) is 30.1. The normalized spacial score (nSPS) is 15.7. The molecule has 3 aromatic rings. The minimum Gasteiger partial charge on any atom is -0.465 e. The van der Waals surface area contributed by atoms with E-state index in [1.165, 1.54) is 11.7 Å². The third-order valence-electron chi connectivity index (χ3n) is 6.81. The third kappa shape index (κ3) is 6.40. The molecule has 1 atom stereocenters. The smallest absolute Gasteiger partial charge is 0.419 e. The first-order valence-electron chi connectivity index (χ1n) is 13.8. The molecule has 0 aliphatic carbocycles. The molecule has 220 valence electrons. The lowest BCUT2D eigenvalue weighted by Gasteiger charge is -2.29. The Morgan fingerprint density at radius 3 is 2.10 bits per heavy atom. The number of ether oxygens (including phenoxy) is 4. The van der Waals surface area contributed by atoms with Crippen molar-refractivity contribution in [1.82, 2.24) is 9.47 Å². The van der Waals surface area contributed by atoms with Crippen LogP contribution in [0.15, 0.2) is 42.5 Å². The van der Waals surface area contributed by atoms with E-state index >= 15 is 0 Å². The summed E-state index contributed by atoms with van der Waals surface area (Å²) in [5.41, 5.74) is 2.46. The first kappa shape index (κ1) is 30.1. The average Bonchev–Trinajstić information content (AvgIpc) is 3.50. The number of fused-ring (bicyclic) bond motifs is 1. The number of methoxy groups -OCH3 is 2. The quantitative estimate of drug-likeness (QED) is 0.241. The van der Waals surface area contributed by atoms with Crippen molar-refractivity contribution in [3.05, 3.63) is 59.2 Å². The molecule has 41 heavy (non-hydrogen) atoms. The highest BCUT2D eigenvalue weighted by Crippen LogP contribution is 2.39. The SMILES string of the molecule is COCc1c(-c2ccc(C3CCCN3C(=O)OC(C)(C)C)cc2)n(C(=O)OC(C)(C)C)c2cccc(C(=O)OC)c12. The molecule has 0 bridgehead atoms. The monoisotopic (exact) mass is 564 g/mol. The van der Waals surface area contributed by atoms with E-state index < -0.39 is 23.3 Å². The van der Waals surface area contributed by atoms with Crippen LogP contribution in [0.5, 0.6) is 0 Å². The van der Waals surface area contributed by atoms with Crippen LogP contribution in [0.2, 0.25) is 0 Å². The van der Waals surface area contributed by atoms with Crippen molar-refractivity contribution in [2.24, 2.45) is 0 Å². The maximum Gasteiger partial charge on any atom is 0.419 e. The second-order valence-corrected chi connectivity index (χ2v) is 12.2. The van der Waals surface area contributed by atoms with Crippen molar-refractivity contribution in [2.45, 2.75) is 78.2 Å². The molecule has 1 aliphatic rings. The summed E-state index contributed by atoms with van der Waals surface area (Å²) in [6.45, 7) is 11.8. The number of carbonyl (C=O) groups is 3. The summed E-state index contributed by atoms with van der Waals surface area (Å²) in [5.74, 6) is -0.514. The summed E-state index contributed by atoms with van der Waals surface area (Å²) >= 11 is 0. The minimum absolute atomic E-state index is 0.111. The number of benzene rings is 2. The zero-order valence-electron chi connectivity index (χ0n) is 25.2. The first-order valence-corrected chi connectivity index (χ1v) is 13.8. The summed E-state index contributed by atoms with van der Waals surface area (Å²) in [6, 6.07) is 12.8. The number of esters is 1. The van der Waals surface area contributed by atoms with E-state index in [9.17, 15) is 14.4 Å². The van der Waals surface area contributed by atoms with E-state index in [1.54, 1.807) is 51.0 Å². The number of rotatable bonds is 5. The van der Waals surface area contributed by atoms with Gasteiger partial charge in [-0.1, -0.05) is 30.3 Å². The summed E-state index contributed by atoms with van der Waals surface area (Å²) < 4.78 is 23.6. The largest absolute Gasteiger partial charge is 0.465 e. The standard InChI is InChI=1S/C32H40N2O7/c1-31(2,3)40-29(36)33-18-10-13-24(33)20-14-16-21(17-15-20)27-23(19-38-7)26-22(28(35)39-8)11-9-12-25(26)34(27)30(37)41-32(4,5)6/h9,11-12,14-17,24H,10,13,18-19H2,1-8H3. The van der Waals surface area contributed by atoms with Gasteiger partial charge in [0.25, 0.3) is 0 Å². The molecule has 1 fully saturated rings. The maximum absolute atomic E-state index is 13.7. The lowest BCUT2D eigenvalue weighted by molar-refractivity contribution is 0.0224. The summed E-state index contributed by atoms with van der Waals surface area (Å²) in [6.07, 6.45) is 0.811. The van der Waals surface area contributed by atoms with Gasteiger partial charge in [-0.05, 0) is 77.6 Å². The van der Waals surface area contributed by atoms with E-state index in [2.05, 4.69) is 0 Å². The van der Waals surface area contributed by atoms with Gasteiger partial charge in [0.2, 0.25) is 0 Å². The van der Waals surface area contributed by atoms with Gasteiger partial charge < -0.3 is 23.8 Å². The fourth-order valence-electron chi connectivity index (χ4n) is 5.30. The van der Waals surface area contributed by atoms with Gasteiger partial charge >= 0.3 is 18.2 Å². The fourth-order valence-corrected chi connectivity index (χ4v) is 5.30. The van der Waals surface area contributed by atoms with Gasteiger partial charge in [0, 0.05) is 24.6 Å². The highest BCUT2D eigenvalue weighted by molar-refractivity contribution is 6.10. The van der Waals surface area contributed by atoms with Gasteiger partial charge in [0.1, 0.15) is 11.2 Å². The van der Waals surface area contributed by atoms with Crippen molar-refractivity contribution in [3.63, 3.8) is 0 Å². The Morgan fingerprint density at radius 2 is 1.51 bits per heavy atom. The predicted octanol–water partition coefficient (Wildman–Crippen LogP) is 7.10. The second-order valence-electron chi connectivity index (χ2n) is 12.2. The first-order chi connectivity index (χ1) is 19.3. The number of carbonyl (C=O) groups excluding carboxylic acids is 3. The van der Waals surface area contributed by atoms with Crippen LogP contribution in [0.3, 0.4) is 0 Å². The van der Waals surface area contributed by atoms with Crippen LogP contribution in [0.25, 0.3) is 22.2 Å². The van der Waals surface area contributed by atoms with Gasteiger partial charge in [-0.3, -0.25) is 0 Å². The Hall–Kier alpha value is -3.85. The molecule has 4 rings (SSSR count). The average molecular weight is 565 g/mol. The number of amides is 1. The molecule has 1 saturated heterocycles. The van der Waals surface area contributed by atoms with Crippen LogP contribution in [-0.2, 0) is 25.6 Å². The van der Waals surface area contributed by atoms with E-state index in [0.29, 0.717) is 34.3 Å². The van der Waals surface area contributed by atoms with Crippen molar-refractivity contribution < 1.29 is 33.3 Å². The Balaban J connectivity index is 1.86. The van der Waals surface area contributed by atoms with Crippen LogP contribution >= 0.6 is 0 Å². The third-order valence-corrected chi connectivity index (χ3v) is 6.81. The van der Waals surface area contributed by atoms with Gasteiger partial charge in [-0.15, -0.1) is 0 Å². The maximum atomic E-state index is 13.7. The number of likely N-dealkylation sites (tertiary alicyclic amines) is 1. The van der Waals surface area contributed by atoms with E-state index in [-0.39, 0.29) is 18.7 Å². The van der Waals surface area contributed by atoms with Crippen molar-refractivity contribution >= 4 is 29.1 Å². The van der Waals surface area contributed by atoms with Gasteiger partial charge in [0.05, 0.1) is 36.5 Å². The van der Waals surface area contributed by atoms with Gasteiger partial charge in [0.15, 0.2) is 0 Å². The fraction of sp³-hybridized carbons (Fsp3) is 0.469. The van der Waals surface area contributed by atoms with Crippen LogP contribution in [-0.4, -0.2) is 59.6 Å². The number of hydrogen-bond donors (Lipinski definition) is 0. The summed E-state index contributed by atoms with van der Waals surface area (Å²) in [5, 5.41) is 0.568. The molecule has 0 spiro atoms. The molecule has 2 heterocycles. The van der Waals surface area contributed by atoms with E-state index in [4.69, 9.17) is 18.9 Å². The number of nitrogens with zero attached hydrogens (tertiary/aromatic N) is 2. The zero-order valence-corrected chi connectivity index (χ0v) is 25.2. The number of hydrogen-bond acceptors (Lipinski definition) is 7. The summed E-state index contributed by atoms with van der Waals surface area (Å²) in [7, 11) is 2.89. The molecule has 1 amide bonds.